The Morgan fingerprint density at radius 2 is 1.26 bits per heavy atom. The van der Waals surface area contributed by atoms with Gasteiger partial charge < -0.3 is 35.0 Å². The SMILES string of the molecule is Cn1cc(NC(=O)c2cc(NC(=O)c3cc(NC=O)cn3C)cn2C)cc1C(=O)NCCC(N)=[NH2+]. The van der Waals surface area contributed by atoms with Gasteiger partial charge in [-0.1, -0.05) is 0 Å². The van der Waals surface area contributed by atoms with Crippen LogP contribution in [0.4, 0.5) is 17.1 Å². The Morgan fingerprint density at radius 1 is 0.829 bits per heavy atom. The monoisotopic (exact) mass is 482 g/mol. The maximum Gasteiger partial charge on any atom is 0.272 e. The van der Waals surface area contributed by atoms with Crippen molar-refractivity contribution in [3.8, 4) is 0 Å². The van der Waals surface area contributed by atoms with Crippen molar-refractivity contribution in [1.29, 1.82) is 0 Å². The number of aryl methyl sites for hydroxylation is 3. The number of nitrogens with one attached hydrogen (secondary N) is 4. The molecule has 0 saturated carbocycles. The van der Waals surface area contributed by atoms with Gasteiger partial charge in [-0.3, -0.25) is 30.3 Å². The molecule has 0 saturated heterocycles. The molecule has 0 bridgehead atoms. The van der Waals surface area contributed by atoms with Crippen molar-refractivity contribution in [3.05, 3.63) is 53.9 Å². The zero-order chi connectivity index (χ0) is 25.7. The first kappa shape index (κ1) is 24.8. The van der Waals surface area contributed by atoms with Crippen molar-refractivity contribution in [2.75, 3.05) is 22.5 Å². The van der Waals surface area contributed by atoms with E-state index < -0.39 is 11.8 Å². The molecule has 3 aromatic rings. The second-order valence-corrected chi connectivity index (χ2v) is 7.93. The highest BCUT2D eigenvalue weighted by Crippen LogP contribution is 2.19. The summed E-state index contributed by atoms with van der Waals surface area (Å²) in [6.07, 6.45) is 5.70. The first-order valence-corrected chi connectivity index (χ1v) is 10.6. The summed E-state index contributed by atoms with van der Waals surface area (Å²) in [4.78, 5) is 48.4. The molecule has 0 aliphatic carbocycles. The Hall–Kier alpha value is -4.81. The molecule has 0 atom stereocenters. The molecule has 0 radical (unpaired) electrons. The number of carbonyl (C=O) groups is 4. The molecule has 184 valence electrons. The van der Waals surface area contributed by atoms with E-state index in [0.717, 1.165) is 0 Å². The molecule has 3 heterocycles. The summed E-state index contributed by atoms with van der Waals surface area (Å²) in [5, 5.41) is 16.1. The summed E-state index contributed by atoms with van der Waals surface area (Å²) >= 11 is 0. The number of amidine groups is 1. The van der Waals surface area contributed by atoms with Gasteiger partial charge in [0.1, 0.15) is 17.1 Å². The van der Waals surface area contributed by atoms with Gasteiger partial charge in [0.05, 0.1) is 23.5 Å². The number of nitrogens with zero attached hydrogens (tertiary/aromatic N) is 3. The number of amides is 4. The summed E-state index contributed by atoms with van der Waals surface area (Å²) in [7, 11) is 5.03. The first-order valence-electron chi connectivity index (χ1n) is 10.6. The number of aromatic nitrogens is 3. The molecule has 8 N–H and O–H groups in total. The van der Waals surface area contributed by atoms with Crippen LogP contribution in [0.2, 0.25) is 0 Å². The number of carbonyl (C=O) groups excluding carboxylic acids is 4. The van der Waals surface area contributed by atoms with Crippen molar-refractivity contribution in [1.82, 2.24) is 19.0 Å². The van der Waals surface area contributed by atoms with Crippen LogP contribution in [0.3, 0.4) is 0 Å². The van der Waals surface area contributed by atoms with Gasteiger partial charge in [-0.15, -0.1) is 0 Å². The molecule has 0 aromatic carbocycles. The summed E-state index contributed by atoms with van der Waals surface area (Å²) < 4.78 is 4.73. The number of nitrogens with two attached hydrogens (primary N) is 2. The number of hydrogen-bond acceptors (Lipinski definition) is 4. The lowest BCUT2D eigenvalue weighted by Gasteiger charge is -2.03. The van der Waals surface area contributed by atoms with E-state index in [1.807, 2.05) is 0 Å². The molecule has 3 rings (SSSR count). The van der Waals surface area contributed by atoms with Gasteiger partial charge in [-0.05, 0) is 18.2 Å². The first-order chi connectivity index (χ1) is 16.6. The van der Waals surface area contributed by atoms with E-state index in [9.17, 15) is 19.2 Å². The van der Waals surface area contributed by atoms with Crippen LogP contribution in [0.25, 0.3) is 0 Å². The van der Waals surface area contributed by atoms with Crippen molar-refractivity contribution >= 4 is 47.0 Å². The molecular weight excluding hydrogens is 454 g/mol. The molecule has 35 heavy (non-hydrogen) atoms. The number of hydrogen-bond donors (Lipinski definition) is 6. The van der Waals surface area contributed by atoms with Gasteiger partial charge in [0, 0.05) is 46.3 Å². The average Bonchev–Trinajstić information content (AvgIpc) is 3.44. The second kappa shape index (κ2) is 10.4. The van der Waals surface area contributed by atoms with E-state index in [1.165, 1.54) is 12.1 Å². The van der Waals surface area contributed by atoms with Crippen molar-refractivity contribution in [2.24, 2.45) is 26.9 Å². The van der Waals surface area contributed by atoms with Crippen LogP contribution in [0.15, 0.2) is 36.8 Å². The topological polar surface area (TPSA) is 183 Å². The van der Waals surface area contributed by atoms with Gasteiger partial charge in [0.15, 0.2) is 0 Å². The highest BCUT2D eigenvalue weighted by molar-refractivity contribution is 6.07. The van der Waals surface area contributed by atoms with Crippen LogP contribution in [0.5, 0.6) is 0 Å². The Balaban J connectivity index is 1.67. The maximum absolute atomic E-state index is 12.8. The smallest absolute Gasteiger partial charge is 0.272 e. The third kappa shape index (κ3) is 5.96. The molecule has 0 unspecified atom stereocenters. The fraction of sp³-hybridized carbons (Fsp3) is 0.227. The highest BCUT2D eigenvalue weighted by Gasteiger charge is 2.18. The number of rotatable bonds is 10. The Morgan fingerprint density at radius 3 is 1.71 bits per heavy atom. The minimum atomic E-state index is -0.424. The van der Waals surface area contributed by atoms with E-state index in [4.69, 9.17) is 11.1 Å². The maximum atomic E-state index is 12.8. The molecule has 3 aromatic heterocycles. The third-order valence-corrected chi connectivity index (χ3v) is 5.15. The predicted molar refractivity (Wildman–Crippen MR) is 130 cm³/mol. The summed E-state index contributed by atoms with van der Waals surface area (Å²) in [5.74, 6) is -0.930. The molecule has 13 nitrogen and oxygen atoms in total. The van der Waals surface area contributed by atoms with Gasteiger partial charge in [0.2, 0.25) is 12.2 Å². The predicted octanol–water partition coefficient (Wildman–Crippen LogP) is -0.989. The highest BCUT2D eigenvalue weighted by atomic mass is 16.2. The van der Waals surface area contributed by atoms with E-state index >= 15 is 0 Å². The second-order valence-electron chi connectivity index (χ2n) is 7.93. The quantitative estimate of drug-likeness (QED) is 0.123. The molecule has 0 spiro atoms. The molecule has 0 aliphatic rings. The van der Waals surface area contributed by atoms with Gasteiger partial charge >= 0.3 is 0 Å². The Bertz CT molecular complexity index is 1300. The standard InChI is InChI=1S/C22H27N9O4/c1-29-9-13(26-12-32)6-17(29)21(34)28-15-8-18(31(3)11-15)22(35)27-14-7-16(30(2)10-14)20(33)25-5-4-19(23)24/h6-12H,4-5H2,1-3H3,(H3,23,24)(H,25,33)(H,26,32)(H,27,35)(H,28,34)/p+1. The van der Waals surface area contributed by atoms with Crippen LogP contribution in [0.1, 0.15) is 37.9 Å². The van der Waals surface area contributed by atoms with E-state index in [-0.39, 0.29) is 11.7 Å². The minimum Gasteiger partial charge on any atom is -0.350 e. The van der Waals surface area contributed by atoms with E-state index in [2.05, 4.69) is 21.3 Å². The lowest BCUT2D eigenvalue weighted by molar-refractivity contribution is -0.117. The lowest BCUT2D eigenvalue weighted by atomic mass is 10.3. The van der Waals surface area contributed by atoms with Gasteiger partial charge in [0.25, 0.3) is 17.7 Å². The minimum absolute atomic E-state index is 0.228. The zero-order valence-electron chi connectivity index (χ0n) is 19.6. The molecule has 13 heteroatoms. The van der Waals surface area contributed by atoms with E-state index in [1.54, 1.807) is 59.5 Å². The fourth-order valence-electron chi connectivity index (χ4n) is 3.46. The van der Waals surface area contributed by atoms with Gasteiger partial charge in [-0.2, -0.15) is 0 Å². The fourth-order valence-corrected chi connectivity index (χ4v) is 3.46. The summed E-state index contributed by atoms with van der Waals surface area (Å²) in [5.41, 5.74) is 7.69. The van der Waals surface area contributed by atoms with Gasteiger partial charge in [-0.25, -0.2) is 0 Å². The lowest BCUT2D eigenvalue weighted by Crippen LogP contribution is -2.47. The van der Waals surface area contributed by atoms with Crippen LogP contribution in [-0.2, 0) is 25.9 Å². The number of anilines is 3. The van der Waals surface area contributed by atoms with Crippen molar-refractivity contribution in [3.63, 3.8) is 0 Å². The summed E-state index contributed by atoms with van der Waals surface area (Å²) in [6, 6.07) is 4.62. The zero-order valence-corrected chi connectivity index (χ0v) is 19.6. The Labute approximate surface area is 200 Å². The van der Waals surface area contributed by atoms with Crippen molar-refractivity contribution < 1.29 is 24.6 Å². The Kier molecular flexibility index (Phi) is 7.39. The molecule has 0 aliphatic heterocycles. The molecule has 4 amide bonds. The molecular formula is C22H28N9O4+. The summed E-state index contributed by atoms with van der Waals surface area (Å²) in [6.45, 7) is 0.295. The normalized spacial score (nSPS) is 10.5. The largest absolute Gasteiger partial charge is 0.350 e. The van der Waals surface area contributed by atoms with Crippen molar-refractivity contribution in [2.45, 2.75) is 6.42 Å². The van der Waals surface area contributed by atoms with E-state index in [0.29, 0.717) is 53.5 Å². The van der Waals surface area contributed by atoms with Crippen LogP contribution in [0, 0.1) is 0 Å². The average molecular weight is 483 g/mol. The molecule has 0 fully saturated rings. The third-order valence-electron chi connectivity index (χ3n) is 5.15. The van der Waals surface area contributed by atoms with Crippen LogP contribution < -0.4 is 32.4 Å². The van der Waals surface area contributed by atoms with Crippen LogP contribution in [-0.4, -0.2) is 50.2 Å². The van der Waals surface area contributed by atoms with Crippen LogP contribution >= 0.6 is 0 Å².